The van der Waals surface area contributed by atoms with Crippen LogP contribution in [-0.4, -0.2) is 69.5 Å². The molecule has 1 amide bonds. The zero-order chi connectivity index (χ0) is 15.9. The van der Waals surface area contributed by atoms with E-state index in [0.29, 0.717) is 11.6 Å². The summed E-state index contributed by atoms with van der Waals surface area (Å²) in [4.78, 5) is 18.4. The SMILES string of the molecule is CC(=O)NCCN1CCN(S(=C(C)O)c2cccnc2)CC1. The highest BCUT2D eigenvalue weighted by atomic mass is 32.2. The van der Waals surface area contributed by atoms with E-state index in [1.165, 1.54) is 6.92 Å². The summed E-state index contributed by atoms with van der Waals surface area (Å²) in [6.45, 7) is 8.54. The molecular weight excluding hydrogens is 300 g/mol. The van der Waals surface area contributed by atoms with Crippen molar-refractivity contribution in [3.63, 3.8) is 0 Å². The van der Waals surface area contributed by atoms with Crippen LogP contribution in [0, 0.1) is 0 Å². The Labute approximate surface area is 134 Å². The standard InChI is InChI=1S/C15H24N4O2S/c1-13(20)17-6-7-18-8-10-19(11-9-18)22(14(2)21)15-4-3-5-16-12-15/h3-5,12,21H,6-11H2,1-2H3,(H,17,20). The molecule has 0 aliphatic carbocycles. The molecule has 7 heteroatoms. The van der Waals surface area contributed by atoms with E-state index in [9.17, 15) is 9.90 Å². The van der Waals surface area contributed by atoms with E-state index < -0.39 is 10.7 Å². The molecule has 0 radical (unpaired) electrons. The first kappa shape index (κ1) is 17.1. The number of rotatable bonds is 5. The van der Waals surface area contributed by atoms with Crippen molar-refractivity contribution in [2.45, 2.75) is 18.7 Å². The second kappa shape index (κ2) is 8.38. The van der Waals surface area contributed by atoms with Gasteiger partial charge >= 0.3 is 0 Å². The molecule has 1 unspecified atom stereocenters. The van der Waals surface area contributed by atoms with Crippen LogP contribution in [-0.2, 0) is 4.79 Å². The maximum atomic E-state index is 10.9. The number of aromatic nitrogens is 1. The van der Waals surface area contributed by atoms with Gasteiger partial charge in [-0.1, -0.05) is 10.7 Å². The van der Waals surface area contributed by atoms with Crippen molar-refractivity contribution in [1.29, 1.82) is 0 Å². The molecule has 122 valence electrons. The van der Waals surface area contributed by atoms with E-state index in [2.05, 4.69) is 19.5 Å². The number of carbonyl (C=O) groups is 1. The normalized spacial score (nSPS) is 18.8. The average molecular weight is 324 g/mol. The molecule has 1 aliphatic rings. The molecule has 2 heterocycles. The van der Waals surface area contributed by atoms with Gasteiger partial charge in [0.1, 0.15) is 0 Å². The maximum absolute atomic E-state index is 10.9. The molecule has 0 saturated carbocycles. The number of nitrogens with zero attached hydrogens (tertiary/aromatic N) is 3. The Bertz CT molecular complexity index is 524. The van der Waals surface area contributed by atoms with E-state index >= 15 is 0 Å². The number of amides is 1. The van der Waals surface area contributed by atoms with Gasteiger partial charge in [-0.05, 0) is 19.1 Å². The van der Waals surface area contributed by atoms with Crippen LogP contribution in [0.3, 0.4) is 0 Å². The van der Waals surface area contributed by atoms with Crippen molar-refractivity contribution in [1.82, 2.24) is 19.5 Å². The van der Waals surface area contributed by atoms with Crippen LogP contribution in [0.2, 0.25) is 0 Å². The van der Waals surface area contributed by atoms with E-state index in [-0.39, 0.29) is 5.91 Å². The minimum atomic E-state index is -0.407. The Kier molecular flexibility index (Phi) is 6.50. The van der Waals surface area contributed by atoms with Gasteiger partial charge in [-0.2, -0.15) is 0 Å². The number of piperazine rings is 1. The lowest BCUT2D eigenvalue weighted by atomic mass is 10.3. The van der Waals surface area contributed by atoms with Crippen LogP contribution in [0.5, 0.6) is 0 Å². The van der Waals surface area contributed by atoms with Crippen molar-refractivity contribution in [3.05, 3.63) is 24.5 Å². The fourth-order valence-corrected chi connectivity index (χ4v) is 4.40. The summed E-state index contributed by atoms with van der Waals surface area (Å²) in [6.07, 6.45) is 3.57. The zero-order valence-corrected chi connectivity index (χ0v) is 14.0. The molecule has 1 aromatic heterocycles. The molecule has 0 bridgehead atoms. The highest BCUT2D eigenvalue weighted by Gasteiger charge is 2.21. The van der Waals surface area contributed by atoms with Crippen LogP contribution < -0.4 is 5.32 Å². The van der Waals surface area contributed by atoms with Crippen molar-refractivity contribution < 1.29 is 9.90 Å². The van der Waals surface area contributed by atoms with E-state index in [0.717, 1.165) is 37.6 Å². The highest BCUT2D eigenvalue weighted by Crippen LogP contribution is 2.32. The predicted molar refractivity (Wildman–Crippen MR) is 90.1 cm³/mol. The van der Waals surface area contributed by atoms with Crippen molar-refractivity contribution >= 4 is 21.6 Å². The summed E-state index contributed by atoms with van der Waals surface area (Å²) in [7, 11) is -0.407. The smallest absolute Gasteiger partial charge is 0.216 e. The third-order valence-corrected chi connectivity index (χ3v) is 5.66. The van der Waals surface area contributed by atoms with Gasteiger partial charge in [0, 0.05) is 63.5 Å². The third kappa shape index (κ3) is 4.88. The quantitative estimate of drug-likeness (QED) is 0.794. The number of aliphatic hydroxyl groups is 1. The Hall–Kier alpha value is -1.28. The molecule has 0 spiro atoms. The van der Waals surface area contributed by atoms with Gasteiger partial charge in [0.25, 0.3) is 0 Å². The van der Waals surface area contributed by atoms with Crippen molar-refractivity contribution in [3.8, 4) is 0 Å². The van der Waals surface area contributed by atoms with Gasteiger partial charge < -0.3 is 10.4 Å². The highest BCUT2D eigenvalue weighted by molar-refractivity contribution is 8.13. The summed E-state index contributed by atoms with van der Waals surface area (Å²) < 4.78 is 2.31. The number of aliphatic hydroxyl groups excluding tert-OH is 1. The lowest BCUT2D eigenvalue weighted by Crippen LogP contribution is -2.46. The van der Waals surface area contributed by atoms with Crippen LogP contribution in [0.1, 0.15) is 13.8 Å². The summed E-state index contributed by atoms with van der Waals surface area (Å²) in [6, 6.07) is 3.92. The molecule has 6 nitrogen and oxygen atoms in total. The monoisotopic (exact) mass is 324 g/mol. The second-order valence-electron chi connectivity index (χ2n) is 5.25. The van der Waals surface area contributed by atoms with Gasteiger partial charge in [0.05, 0.1) is 5.05 Å². The molecule has 2 N–H and O–H groups in total. The minimum Gasteiger partial charge on any atom is -0.358 e. The molecule has 1 aromatic rings. The lowest BCUT2D eigenvalue weighted by Gasteiger charge is -2.36. The van der Waals surface area contributed by atoms with E-state index in [4.69, 9.17) is 0 Å². The van der Waals surface area contributed by atoms with Gasteiger partial charge in [-0.25, -0.2) is 4.31 Å². The Balaban J connectivity index is 1.92. The Morgan fingerprint density at radius 2 is 2.09 bits per heavy atom. The maximum Gasteiger partial charge on any atom is 0.216 e. The first-order valence-corrected chi connectivity index (χ1v) is 8.65. The fraction of sp³-hybridized carbons (Fsp3) is 0.533. The topological polar surface area (TPSA) is 68.7 Å². The minimum absolute atomic E-state index is 0.0160. The molecule has 1 fully saturated rings. The fourth-order valence-electron chi connectivity index (χ4n) is 2.49. The summed E-state index contributed by atoms with van der Waals surface area (Å²) >= 11 is 0. The van der Waals surface area contributed by atoms with Crippen molar-refractivity contribution in [2.75, 3.05) is 39.3 Å². The Morgan fingerprint density at radius 3 is 2.64 bits per heavy atom. The van der Waals surface area contributed by atoms with Gasteiger partial charge in [-0.3, -0.25) is 14.7 Å². The number of carbonyl (C=O) groups excluding carboxylic acids is 1. The molecule has 22 heavy (non-hydrogen) atoms. The van der Waals surface area contributed by atoms with Crippen LogP contribution >= 0.6 is 10.7 Å². The van der Waals surface area contributed by atoms with E-state index in [1.807, 2.05) is 18.3 Å². The number of pyridine rings is 1. The average Bonchev–Trinajstić information content (AvgIpc) is 2.49. The third-order valence-electron chi connectivity index (χ3n) is 3.53. The Morgan fingerprint density at radius 1 is 1.36 bits per heavy atom. The molecule has 1 atom stereocenters. The first-order valence-electron chi connectivity index (χ1n) is 7.46. The van der Waals surface area contributed by atoms with Gasteiger partial charge in [0.2, 0.25) is 5.91 Å². The molecule has 1 saturated heterocycles. The van der Waals surface area contributed by atoms with E-state index in [1.54, 1.807) is 13.1 Å². The molecule has 1 aliphatic heterocycles. The van der Waals surface area contributed by atoms with Crippen molar-refractivity contribution in [2.24, 2.45) is 0 Å². The predicted octanol–water partition coefficient (Wildman–Crippen LogP) is 1.09. The summed E-state index contributed by atoms with van der Waals surface area (Å²) in [5.41, 5.74) is 0. The van der Waals surface area contributed by atoms with Crippen LogP contribution in [0.25, 0.3) is 0 Å². The largest absolute Gasteiger partial charge is 0.358 e. The molecule has 2 rings (SSSR count). The second-order valence-corrected chi connectivity index (χ2v) is 7.39. The van der Waals surface area contributed by atoms with Crippen LogP contribution in [0.15, 0.2) is 29.4 Å². The van der Waals surface area contributed by atoms with Gasteiger partial charge in [-0.15, -0.1) is 0 Å². The summed E-state index contributed by atoms with van der Waals surface area (Å²) in [5.74, 6) is 0.0160. The number of hydrogen-bond donors (Lipinski definition) is 2. The first-order chi connectivity index (χ1) is 10.6. The molecule has 0 aromatic carbocycles. The zero-order valence-electron chi connectivity index (χ0n) is 13.2. The van der Waals surface area contributed by atoms with Gasteiger partial charge in [0.15, 0.2) is 0 Å². The number of hydrogen-bond acceptors (Lipinski definition) is 4. The van der Waals surface area contributed by atoms with Crippen LogP contribution in [0.4, 0.5) is 0 Å². The lowest BCUT2D eigenvalue weighted by molar-refractivity contribution is -0.119. The number of nitrogens with one attached hydrogen (secondary N) is 1. The molecular formula is C15H24N4O2S. The summed E-state index contributed by atoms with van der Waals surface area (Å²) in [5, 5.41) is 13.3.